The minimum absolute atomic E-state index is 0.122. The van der Waals surface area contributed by atoms with E-state index in [0.29, 0.717) is 6.04 Å². The number of nitrogens with one attached hydrogen (secondary N) is 1. The van der Waals surface area contributed by atoms with E-state index in [0.717, 1.165) is 29.7 Å². The molecule has 0 saturated heterocycles. The fourth-order valence-electron chi connectivity index (χ4n) is 4.68. The average molecular weight is 375 g/mol. The van der Waals surface area contributed by atoms with Crippen molar-refractivity contribution in [3.8, 4) is 0 Å². The van der Waals surface area contributed by atoms with Gasteiger partial charge in [-0.05, 0) is 48.6 Å². The highest BCUT2D eigenvalue weighted by molar-refractivity contribution is 5.93. The highest BCUT2D eigenvalue weighted by atomic mass is 16.1. The summed E-state index contributed by atoms with van der Waals surface area (Å²) >= 11 is 0. The molecule has 1 aromatic heterocycles. The first-order valence-electron chi connectivity index (χ1n) is 10.4. The van der Waals surface area contributed by atoms with Gasteiger partial charge in [0.15, 0.2) is 0 Å². The first-order chi connectivity index (χ1) is 13.5. The van der Waals surface area contributed by atoms with Crippen molar-refractivity contribution in [2.75, 3.05) is 5.32 Å². The third kappa shape index (κ3) is 3.58. The van der Waals surface area contributed by atoms with E-state index in [9.17, 15) is 4.79 Å². The second kappa shape index (κ2) is 7.46. The van der Waals surface area contributed by atoms with E-state index in [-0.39, 0.29) is 5.41 Å². The van der Waals surface area contributed by atoms with Crippen LogP contribution in [0, 0.1) is 0 Å². The lowest BCUT2D eigenvalue weighted by Crippen LogP contribution is -2.19. The Hall–Kier alpha value is -2.55. The predicted octanol–water partition coefficient (Wildman–Crippen LogP) is 5.92. The molecule has 3 nitrogen and oxygen atoms in total. The molecule has 1 heterocycles. The molecule has 0 spiro atoms. The van der Waals surface area contributed by atoms with Crippen LogP contribution in [-0.2, 0) is 16.6 Å². The van der Waals surface area contributed by atoms with Crippen molar-refractivity contribution in [3.63, 3.8) is 0 Å². The number of hydrogen-bond donors (Lipinski definition) is 1. The predicted molar refractivity (Wildman–Crippen MR) is 118 cm³/mol. The summed E-state index contributed by atoms with van der Waals surface area (Å²) in [5.74, 6) is 0. The van der Waals surface area contributed by atoms with E-state index in [1.165, 1.54) is 42.2 Å². The van der Waals surface area contributed by atoms with Crippen molar-refractivity contribution < 1.29 is 4.79 Å². The Morgan fingerprint density at radius 3 is 2.43 bits per heavy atom. The van der Waals surface area contributed by atoms with Crippen molar-refractivity contribution in [1.82, 2.24) is 4.57 Å². The van der Waals surface area contributed by atoms with Crippen LogP contribution in [0.5, 0.6) is 0 Å². The molecule has 28 heavy (non-hydrogen) atoms. The standard InChI is InChI=1S/C25H30N2O/c1-25(2,3)24-22(15-18-9-5-4-6-10-18)21-16-20(26-19-11-7-8-12-19)13-14-23(21)27(24)17-28/h4-6,9-10,13-14,16-17,19,26H,7-8,11-12,15H2,1-3H3. The maximum atomic E-state index is 12.1. The molecular weight excluding hydrogens is 344 g/mol. The Morgan fingerprint density at radius 1 is 1.07 bits per heavy atom. The lowest BCUT2D eigenvalue weighted by molar-refractivity contribution is 0.523. The molecule has 1 aliphatic rings. The van der Waals surface area contributed by atoms with Crippen molar-refractivity contribution >= 4 is 23.0 Å². The smallest absolute Gasteiger partial charge is 0.218 e. The van der Waals surface area contributed by atoms with E-state index in [1.54, 1.807) is 0 Å². The Morgan fingerprint density at radius 2 is 1.79 bits per heavy atom. The molecule has 1 N–H and O–H groups in total. The number of carbonyl (C=O) groups is 1. The molecule has 1 aliphatic carbocycles. The van der Waals surface area contributed by atoms with Crippen LogP contribution < -0.4 is 5.32 Å². The van der Waals surface area contributed by atoms with Crippen LogP contribution in [0.3, 0.4) is 0 Å². The zero-order valence-corrected chi connectivity index (χ0v) is 17.2. The summed E-state index contributed by atoms with van der Waals surface area (Å²) in [5, 5.41) is 4.90. The van der Waals surface area contributed by atoms with Gasteiger partial charge in [0.2, 0.25) is 6.41 Å². The van der Waals surface area contributed by atoms with Gasteiger partial charge in [0, 0.05) is 28.2 Å². The molecule has 3 heteroatoms. The first-order valence-corrected chi connectivity index (χ1v) is 10.4. The van der Waals surface area contributed by atoms with E-state index in [4.69, 9.17) is 0 Å². The number of aromatic nitrogens is 1. The van der Waals surface area contributed by atoms with Crippen LogP contribution in [0.15, 0.2) is 48.5 Å². The van der Waals surface area contributed by atoms with Crippen LogP contribution in [0.2, 0.25) is 0 Å². The Balaban J connectivity index is 1.86. The van der Waals surface area contributed by atoms with E-state index in [2.05, 4.69) is 68.6 Å². The number of hydrogen-bond acceptors (Lipinski definition) is 2. The number of carbonyl (C=O) groups excluding carboxylic acids is 1. The average Bonchev–Trinajstić information content (AvgIpc) is 3.28. The van der Waals surface area contributed by atoms with Crippen molar-refractivity contribution in [2.24, 2.45) is 0 Å². The zero-order valence-electron chi connectivity index (χ0n) is 17.2. The summed E-state index contributed by atoms with van der Waals surface area (Å²) in [7, 11) is 0. The molecule has 1 saturated carbocycles. The SMILES string of the molecule is CC(C)(C)c1c(Cc2ccccc2)c2cc(NC3CCCC3)ccc2n1C=O. The van der Waals surface area contributed by atoms with Gasteiger partial charge in [0.25, 0.3) is 0 Å². The molecule has 146 valence electrons. The monoisotopic (exact) mass is 374 g/mol. The van der Waals surface area contributed by atoms with Crippen molar-refractivity contribution in [2.45, 2.75) is 64.3 Å². The van der Waals surface area contributed by atoms with E-state index >= 15 is 0 Å². The minimum Gasteiger partial charge on any atom is -0.382 e. The lowest BCUT2D eigenvalue weighted by atomic mass is 9.86. The lowest BCUT2D eigenvalue weighted by Gasteiger charge is -2.22. The summed E-state index contributed by atoms with van der Waals surface area (Å²) in [6.45, 7) is 6.56. The fraction of sp³-hybridized carbons (Fsp3) is 0.400. The minimum atomic E-state index is -0.122. The number of anilines is 1. The molecule has 0 amide bonds. The summed E-state index contributed by atoms with van der Waals surface area (Å²) in [6, 6.07) is 17.6. The van der Waals surface area contributed by atoms with Crippen molar-refractivity contribution in [3.05, 3.63) is 65.4 Å². The Bertz CT molecular complexity index is 973. The van der Waals surface area contributed by atoms with E-state index < -0.39 is 0 Å². The maximum Gasteiger partial charge on any atom is 0.218 e. The van der Waals surface area contributed by atoms with Gasteiger partial charge in [-0.15, -0.1) is 0 Å². The van der Waals surface area contributed by atoms with Gasteiger partial charge in [-0.3, -0.25) is 9.36 Å². The Kier molecular flexibility index (Phi) is 5.01. The van der Waals surface area contributed by atoms with Crippen LogP contribution in [0.4, 0.5) is 5.69 Å². The quantitative estimate of drug-likeness (QED) is 0.562. The third-order valence-corrected chi connectivity index (χ3v) is 5.87. The summed E-state index contributed by atoms with van der Waals surface area (Å²) in [5.41, 5.74) is 5.69. The van der Waals surface area contributed by atoms with Crippen LogP contribution in [0.1, 0.15) is 63.3 Å². The number of nitrogens with zero attached hydrogens (tertiary/aromatic N) is 1. The summed E-state index contributed by atoms with van der Waals surface area (Å²) < 4.78 is 1.85. The van der Waals surface area contributed by atoms with Crippen molar-refractivity contribution in [1.29, 1.82) is 0 Å². The van der Waals surface area contributed by atoms with Gasteiger partial charge in [-0.2, -0.15) is 0 Å². The normalized spacial score (nSPS) is 15.2. The zero-order chi connectivity index (χ0) is 19.7. The second-order valence-corrected chi connectivity index (χ2v) is 9.07. The van der Waals surface area contributed by atoms with Crippen LogP contribution >= 0.6 is 0 Å². The van der Waals surface area contributed by atoms with Gasteiger partial charge in [-0.25, -0.2) is 0 Å². The second-order valence-electron chi connectivity index (χ2n) is 9.07. The van der Waals surface area contributed by atoms with E-state index in [1.807, 2.05) is 10.6 Å². The Labute approximate surface area is 167 Å². The van der Waals surface area contributed by atoms with Gasteiger partial charge >= 0.3 is 0 Å². The highest BCUT2D eigenvalue weighted by Gasteiger charge is 2.27. The first kappa shape index (κ1) is 18.8. The molecule has 3 aromatic rings. The third-order valence-electron chi connectivity index (χ3n) is 5.87. The van der Waals surface area contributed by atoms with Crippen LogP contribution in [0.25, 0.3) is 10.9 Å². The number of benzene rings is 2. The van der Waals surface area contributed by atoms with Gasteiger partial charge in [0.1, 0.15) is 0 Å². The molecule has 0 unspecified atom stereocenters. The highest BCUT2D eigenvalue weighted by Crippen LogP contribution is 2.37. The molecule has 0 aliphatic heterocycles. The molecule has 1 fully saturated rings. The fourth-order valence-corrected chi connectivity index (χ4v) is 4.68. The largest absolute Gasteiger partial charge is 0.382 e. The van der Waals surface area contributed by atoms with Gasteiger partial charge < -0.3 is 5.32 Å². The summed E-state index contributed by atoms with van der Waals surface area (Å²) in [4.78, 5) is 12.1. The van der Waals surface area contributed by atoms with Gasteiger partial charge in [-0.1, -0.05) is 63.9 Å². The van der Waals surface area contributed by atoms with Gasteiger partial charge in [0.05, 0.1) is 5.52 Å². The van der Waals surface area contributed by atoms with Crippen LogP contribution in [-0.4, -0.2) is 17.0 Å². The molecular formula is C25H30N2O. The molecule has 0 radical (unpaired) electrons. The molecule has 0 atom stereocenters. The molecule has 4 rings (SSSR count). The topological polar surface area (TPSA) is 34.0 Å². The molecule has 2 aromatic carbocycles. The summed E-state index contributed by atoms with van der Waals surface area (Å²) in [6.07, 6.45) is 6.93. The molecule has 0 bridgehead atoms. The number of rotatable bonds is 5. The maximum absolute atomic E-state index is 12.1. The number of fused-ring (bicyclic) bond motifs is 1.